The van der Waals surface area contributed by atoms with Gasteiger partial charge in [0.2, 0.25) is 0 Å². The molecular weight excluding hydrogens is 304 g/mol. The van der Waals surface area contributed by atoms with E-state index < -0.39 is 5.60 Å². The van der Waals surface area contributed by atoms with Gasteiger partial charge in [0.25, 0.3) is 0 Å². The molecule has 0 aliphatic carbocycles. The maximum Gasteiger partial charge on any atom is 0.410 e. The second kappa shape index (κ2) is 6.45. The fraction of sp³-hybridized carbons (Fsp3) is 0.500. The largest absolute Gasteiger partial charge is 0.490 e. The van der Waals surface area contributed by atoms with Crippen molar-refractivity contribution in [1.29, 1.82) is 0 Å². The van der Waals surface area contributed by atoms with E-state index in [0.717, 1.165) is 6.42 Å². The van der Waals surface area contributed by atoms with Gasteiger partial charge in [-0.3, -0.25) is 0 Å². The number of pyridine rings is 1. The molecule has 1 fully saturated rings. The summed E-state index contributed by atoms with van der Waals surface area (Å²) in [5.41, 5.74) is -0.0170. The van der Waals surface area contributed by atoms with E-state index in [9.17, 15) is 4.79 Å². The summed E-state index contributed by atoms with van der Waals surface area (Å²) in [6, 6.07) is 1.66. The van der Waals surface area contributed by atoms with E-state index in [1.165, 1.54) is 6.20 Å². The maximum atomic E-state index is 12.0. The van der Waals surface area contributed by atoms with Crippen molar-refractivity contribution in [3.8, 4) is 18.1 Å². The normalized spacial score (nSPS) is 17.4. The third-order valence-corrected chi connectivity index (χ3v) is 3.49. The molecule has 0 spiro atoms. The van der Waals surface area contributed by atoms with Crippen molar-refractivity contribution >= 4 is 17.7 Å². The molecule has 5 nitrogen and oxygen atoms in total. The Morgan fingerprint density at radius 3 is 2.86 bits per heavy atom. The molecule has 0 aromatic carbocycles. The van der Waals surface area contributed by atoms with Crippen LogP contribution in [0.1, 0.15) is 32.8 Å². The standard InChI is InChI=1S/C16H19ClN2O3/c1-5-11-8-13(9-18-14(11)17)21-10-12-6-7-19(12)15(20)22-16(2,3)4/h1,8-9,12H,6-7,10H2,2-4H3. The summed E-state index contributed by atoms with van der Waals surface area (Å²) >= 11 is 5.85. The highest BCUT2D eigenvalue weighted by Crippen LogP contribution is 2.23. The molecule has 118 valence electrons. The molecule has 1 aromatic rings. The Labute approximate surface area is 135 Å². The zero-order chi connectivity index (χ0) is 16.3. The van der Waals surface area contributed by atoms with Crippen LogP contribution in [0.5, 0.6) is 5.75 Å². The first-order chi connectivity index (χ1) is 10.3. The molecule has 2 heterocycles. The molecule has 1 saturated heterocycles. The van der Waals surface area contributed by atoms with Crippen LogP contribution in [0.3, 0.4) is 0 Å². The number of ether oxygens (including phenoxy) is 2. The molecule has 0 saturated carbocycles. The van der Waals surface area contributed by atoms with Crippen LogP contribution in [-0.4, -0.2) is 40.8 Å². The first-order valence-electron chi connectivity index (χ1n) is 7.05. The summed E-state index contributed by atoms with van der Waals surface area (Å²) in [6.45, 7) is 6.58. The van der Waals surface area contributed by atoms with Crippen LogP contribution in [0.15, 0.2) is 12.3 Å². The third-order valence-electron chi connectivity index (χ3n) is 3.18. The lowest BCUT2D eigenvalue weighted by atomic mass is 10.1. The fourth-order valence-corrected chi connectivity index (χ4v) is 2.13. The highest BCUT2D eigenvalue weighted by Gasteiger charge is 2.35. The van der Waals surface area contributed by atoms with Crippen molar-refractivity contribution < 1.29 is 14.3 Å². The number of hydrogen-bond acceptors (Lipinski definition) is 4. The number of nitrogens with zero attached hydrogens (tertiary/aromatic N) is 2. The van der Waals surface area contributed by atoms with Gasteiger partial charge in [-0.1, -0.05) is 17.5 Å². The molecule has 6 heteroatoms. The van der Waals surface area contributed by atoms with Gasteiger partial charge in [0.05, 0.1) is 17.8 Å². The van der Waals surface area contributed by atoms with Gasteiger partial charge in [0, 0.05) is 12.6 Å². The van der Waals surface area contributed by atoms with E-state index in [2.05, 4.69) is 10.9 Å². The SMILES string of the molecule is C#Cc1cc(OCC2CCN2C(=O)OC(C)(C)C)cnc1Cl. The minimum absolute atomic E-state index is 0.000172. The molecule has 0 N–H and O–H groups in total. The van der Waals surface area contributed by atoms with Gasteiger partial charge in [0.15, 0.2) is 0 Å². The average Bonchev–Trinajstić information content (AvgIpc) is 2.37. The van der Waals surface area contributed by atoms with E-state index in [4.69, 9.17) is 27.5 Å². The summed E-state index contributed by atoms with van der Waals surface area (Å²) in [7, 11) is 0. The summed E-state index contributed by atoms with van der Waals surface area (Å²) < 4.78 is 11.0. The molecule has 2 rings (SSSR count). The number of likely N-dealkylation sites (tertiary alicyclic amines) is 1. The zero-order valence-corrected chi connectivity index (χ0v) is 13.7. The van der Waals surface area contributed by atoms with Crippen molar-refractivity contribution in [1.82, 2.24) is 9.88 Å². The number of hydrogen-bond donors (Lipinski definition) is 0. The molecule has 1 amide bonds. The second-order valence-corrected chi connectivity index (χ2v) is 6.44. The van der Waals surface area contributed by atoms with Crippen molar-refractivity contribution in [3.63, 3.8) is 0 Å². The Bertz CT molecular complexity index is 604. The molecule has 0 bridgehead atoms. The topological polar surface area (TPSA) is 51.7 Å². The lowest BCUT2D eigenvalue weighted by molar-refractivity contribution is -0.0141. The zero-order valence-electron chi connectivity index (χ0n) is 12.9. The predicted molar refractivity (Wildman–Crippen MR) is 84.0 cm³/mol. The van der Waals surface area contributed by atoms with Gasteiger partial charge in [0.1, 0.15) is 23.1 Å². The monoisotopic (exact) mass is 322 g/mol. The minimum atomic E-state index is -0.500. The lowest BCUT2D eigenvalue weighted by Crippen LogP contribution is -2.55. The van der Waals surface area contributed by atoms with Gasteiger partial charge in [-0.05, 0) is 27.2 Å². The Hall–Kier alpha value is -1.93. The fourth-order valence-electron chi connectivity index (χ4n) is 1.98. The molecular formula is C16H19ClN2O3. The van der Waals surface area contributed by atoms with Crippen LogP contribution in [0, 0.1) is 12.3 Å². The number of halogens is 1. The lowest BCUT2D eigenvalue weighted by Gasteiger charge is -2.40. The van der Waals surface area contributed by atoms with E-state index in [-0.39, 0.29) is 17.3 Å². The first kappa shape index (κ1) is 16.4. The highest BCUT2D eigenvalue weighted by atomic mass is 35.5. The van der Waals surface area contributed by atoms with Gasteiger partial charge < -0.3 is 14.4 Å². The smallest absolute Gasteiger partial charge is 0.410 e. The number of carbonyl (C=O) groups is 1. The molecule has 1 aliphatic rings. The van der Waals surface area contributed by atoms with Crippen molar-refractivity contribution in [3.05, 3.63) is 23.0 Å². The number of aromatic nitrogens is 1. The summed E-state index contributed by atoms with van der Waals surface area (Å²) in [5, 5.41) is 0.272. The van der Waals surface area contributed by atoms with Crippen LogP contribution in [0.2, 0.25) is 5.15 Å². The van der Waals surface area contributed by atoms with Gasteiger partial charge in [-0.15, -0.1) is 6.42 Å². The average molecular weight is 323 g/mol. The quantitative estimate of drug-likeness (QED) is 0.634. The van der Waals surface area contributed by atoms with Crippen LogP contribution in [0.25, 0.3) is 0 Å². The number of amides is 1. The molecule has 22 heavy (non-hydrogen) atoms. The van der Waals surface area contributed by atoms with Crippen LogP contribution in [0.4, 0.5) is 4.79 Å². The summed E-state index contributed by atoms with van der Waals surface area (Å²) in [4.78, 5) is 17.6. The summed E-state index contributed by atoms with van der Waals surface area (Å²) in [6.07, 6.45) is 7.41. The van der Waals surface area contributed by atoms with Gasteiger partial charge >= 0.3 is 6.09 Å². The van der Waals surface area contributed by atoms with E-state index in [1.807, 2.05) is 20.8 Å². The molecule has 0 radical (unpaired) electrons. The Kier molecular flexibility index (Phi) is 4.82. The number of rotatable bonds is 3. The van der Waals surface area contributed by atoms with E-state index in [0.29, 0.717) is 24.5 Å². The van der Waals surface area contributed by atoms with Crippen molar-refractivity contribution in [2.75, 3.05) is 13.2 Å². The van der Waals surface area contributed by atoms with Gasteiger partial charge in [-0.2, -0.15) is 0 Å². The van der Waals surface area contributed by atoms with Crippen LogP contribution in [-0.2, 0) is 4.74 Å². The summed E-state index contributed by atoms with van der Waals surface area (Å²) in [5.74, 6) is 2.98. The first-order valence-corrected chi connectivity index (χ1v) is 7.42. The molecule has 1 aromatic heterocycles. The Morgan fingerprint density at radius 1 is 1.59 bits per heavy atom. The molecule has 1 aliphatic heterocycles. The van der Waals surface area contributed by atoms with Crippen LogP contribution < -0.4 is 4.74 Å². The Balaban J connectivity index is 1.90. The predicted octanol–water partition coefficient (Wildman–Crippen LogP) is 3.10. The van der Waals surface area contributed by atoms with Crippen LogP contribution >= 0.6 is 11.6 Å². The highest BCUT2D eigenvalue weighted by molar-refractivity contribution is 6.30. The molecule has 1 atom stereocenters. The van der Waals surface area contributed by atoms with Crippen molar-refractivity contribution in [2.45, 2.75) is 38.8 Å². The van der Waals surface area contributed by atoms with E-state index in [1.54, 1.807) is 11.0 Å². The Morgan fingerprint density at radius 2 is 2.32 bits per heavy atom. The van der Waals surface area contributed by atoms with E-state index >= 15 is 0 Å². The maximum absolute atomic E-state index is 12.0. The minimum Gasteiger partial charge on any atom is -0.490 e. The number of carbonyl (C=O) groups excluding carboxylic acids is 1. The number of terminal acetylenes is 1. The molecule has 1 unspecified atom stereocenters. The third kappa shape index (κ3) is 4.05. The van der Waals surface area contributed by atoms with Gasteiger partial charge in [-0.25, -0.2) is 9.78 Å². The second-order valence-electron chi connectivity index (χ2n) is 6.08. The van der Waals surface area contributed by atoms with Crippen molar-refractivity contribution in [2.24, 2.45) is 0 Å².